The number of alkyl carbamates (subject to hydrolysis) is 2. The number of nitrogens with one attached hydrogen (secondary N) is 2. The van der Waals surface area contributed by atoms with Gasteiger partial charge in [0.05, 0.1) is 0 Å². The summed E-state index contributed by atoms with van der Waals surface area (Å²) in [5.41, 5.74) is 0. The van der Waals surface area contributed by atoms with Crippen molar-refractivity contribution < 1.29 is 33.3 Å². The van der Waals surface area contributed by atoms with Gasteiger partial charge in [-0.3, -0.25) is 0 Å². The summed E-state index contributed by atoms with van der Waals surface area (Å²) in [5.74, 6) is 1.52. The minimum atomic E-state index is -0.953. The van der Waals surface area contributed by atoms with Crippen molar-refractivity contribution in [2.45, 2.75) is 77.7 Å². The van der Waals surface area contributed by atoms with Crippen LogP contribution in [-0.4, -0.2) is 48.7 Å². The first kappa shape index (κ1) is 29.6. The Labute approximate surface area is 229 Å². The fourth-order valence-electron chi connectivity index (χ4n) is 4.05. The van der Waals surface area contributed by atoms with E-state index in [-0.39, 0.29) is 5.75 Å². The summed E-state index contributed by atoms with van der Waals surface area (Å²) in [6, 6.07) is 15.9. The Kier molecular flexibility index (Phi) is 12.2. The molecule has 10 nitrogen and oxygen atoms in total. The van der Waals surface area contributed by atoms with Gasteiger partial charge in [0.15, 0.2) is 12.5 Å². The van der Waals surface area contributed by atoms with Crippen LogP contribution in [0.3, 0.4) is 0 Å². The minimum absolute atomic E-state index is 0.263. The molecule has 2 unspecified atom stereocenters. The summed E-state index contributed by atoms with van der Waals surface area (Å²) < 4.78 is 22.5. The van der Waals surface area contributed by atoms with Crippen molar-refractivity contribution in [3.63, 3.8) is 0 Å². The number of carbonyl (C=O) groups excluding carboxylic acids is 3. The van der Waals surface area contributed by atoms with E-state index in [1.807, 2.05) is 37.3 Å². The predicted octanol–water partition coefficient (Wildman–Crippen LogP) is 6.56. The molecule has 0 aromatic heterocycles. The molecule has 1 aliphatic heterocycles. The first-order chi connectivity index (χ1) is 19.0. The molecular formula is C29H39N3O7. The van der Waals surface area contributed by atoms with Crippen LogP contribution in [0, 0.1) is 0 Å². The van der Waals surface area contributed by atoms with Crippen molar-refractivity contribution in [2.75, 3.05) is 13.1 Å². The molecule has 2 aromatic carbocycles. The second-order valence-electron chi connectivity index (χ2n) is 9.23. The molecule has 0 spiro atoms. The Hall–Kier alpha value is -3.95. The number of carbonyl (C=O) groups is 3. The van der Waals surface area contributed by atoms with Gasteiger partial charge in [0.2, 0.25) is 0 Å². The van der Waals surface area contributed by atoms with Crippen LogP contribution < -0.4 is 20.1 Å². The second-order valence-corrected chi connectivity index (χ2v) is 9.23. The highest BCUT2D eigenvalue weighted by Crippen LogP contribution is 2.28. The van der Waals surface area contributed by atoms with Gasteiger partial charge in [-0.1, -0.05) is 51.3 Å². The van der Waals surface area contributed by atoms with Gasteiger partial charge in [-0.2, -0.15) is 0 Å². The average molecular weight is 542 g/mol. The molecule has 1 fully saturated rings. The van der Waals surface area contributed by atoms with Gasteiger partial charge in [-0.25, -0.2) is 19.3 Å². The largest absolute Gasteiger partial charge is 0.457 e. The molecule has 3 amide bonds. The molecule has 2 N–H and O–H groups in total. The van der Waals surface area contributed by atoms with E-state index in [4.69, 9.17) is 18.9 Å². The van der Waals surface area contributed by atoms with E-state index >= 15 is 0 Å². The number of piperidine rings is 1. The average Bonchev–Trinajstić information content (AvgIpc) is 2.93. The van der Waals surface area contributed by atoms with E-state index in [0.717, 1.165) is 32.1 Å². The maximum atomic E-state index is 13.3. The van der Waals surface area contributed by atoms with E-state index < -0.39 is 30.7 Å². The number of ether oxygens (including phenoxy) is 4. The highest BCUT2D eigenvalue weighted by atomic mass is 16.6. The third-order valence-corrected chi connectivity index (χ3v) is 6.05. The van der Waals surface area contributed by atoms with Crippen molar-refractivity contribution in [2.24, 2.45) is 0 Å². The summed E-state index contributed by atoms with van der Waals surface area (Å²) in [6.45, 7) is 4.96. The molecule has 212 valence electrons. The Morgan fingerprint density at radius 1 is 0.744 bits per heavy atom. The zero-order valence-electron chi connectivity index (χ0n) is 22.7. The smallest absolute Gasteiger partial charge is 0.421 e. The van der Waals surface area contributed by atoms with E-state index in [0.29, 0.717) is 43.9 Å². The summed E-state index contributed by atoms with van der Waals surface area (Å²) in [4.78, 5) is 39.3. The lowest BCUT2D eigenvalue weighted by Crippen LogP contribution is -2.55. The topological polar surface area (TPSA) is 115 Å². The van der Waals surface area contributed by atoms with Crippen molar-refractivity contribution in [1.82, 2.24) is 15.5 Å². The lowest BCUT2D eigenvalue weighted by molar-refractivity contribution is -0.113. The Balaban J connectivity index is 1.66. The number of likely N-dealkylation sites (tertiary alicyclic amines) is 1. The lowest BCUT2D eigenvalue weighted by Gasteiger charge is -2.39. The molecule has 1 aliphatic rings. The quantitative estimate of drug-likeness (QED) is 0.292. The lowest BCUT2D eigenvalue weighted by atomic mass is 10.1. The molecule has 2 atom stereocenters. The number of hydrogen-bond acceptors (Lipinski definition) is 7. The van der Waals surface area contributed by atoms with Gasteiger partial charge in [0, 0.05) is 25.9 Å². The van der Waals surface area contributed by atoms with Crippen LogP contribution in [0.5, 0.6) is 17.2 Å². The van der Waals surface area contributed by atoms with Gasteiger partial charge in [-0.05, 0) is 55.7 Å². The molecular weight excluding hydrogens is 502 g/mol. The van der Waals surface area contributed by atoms with Crippen LogP contribution in [-0.2, 0) is 9.47 Å². The van der Waals surface area contributed by atoms with Crippen molar-refractivity contribution >= 4 is 18.3 Å². The van der Waals surface area contributed by atoms with Gasteiger partial charge in [0.25, 0.3) is 0 Å². The van der Waals surface area contributed by atoms with Crippen molar-refractivity contribution in [1.29, 1.82) is 0 Å². The number of hydrogen-bond donors (Lipinski definition) is 2. The van der Waals surface area contributed by atoms with Gasteiger partial charge < -0.3 is 29.6 Å². The van der Waals surface area contributed by atoms with Crippen molar-refractivity contribution in [3.8, 4) is 17.2 Å². The predicted molar refractivity (Wildman–Crippen MR) is 146 cm³/mol. The monoisotopic (exact) mass is 541 g/mol. The zero-order chi connectivity index (χ0) is 27.9. The fraction of sp³-hybridized carbons (Fsp3) is 0.483. The SMILES string of the molecule is CCCCCCNC(=O)OC1CCCC(OC(=O)NCCC)N1C(=O)Oc1ccc(Oc2ccccc2)cc1. The van der Waals surface area contributed by atoms with Gasteiger partial charge in [-0.15, -0.1) is 0 Å². The van der Waals surface area contributed by atoms with Crippen LogP contribution >= 0.6 is 0 Å². The molecule has 2 aromatic rings. The first-order valence-corrected chi connectivity index (χ1v) is 13.7. The summed E-state index contributed by atoms with van der Waals surface area (Å²) in [7, 11) is 0. The maximum Gasteiger partial charge on any atom is 0.421 e. The number of unbranched alkanes of at least 4 members (excludes halogenated alkanes) is 3. The molecule has 39 heavy (non-hydrogen) atoms. The third-order valence-electron chi connectivity index (χ3n) is 6.05. The summed E-state index contributed by atoms with van der Waals surface area (Å²) in [5, 5.41) is 5.38. The highest BCUT2D eigenvalue weighted by Gasteiger charge is 2.40. The Morgan fingerprint density at radius 2 is 1.33 bits per heavy atom. The summed E-state index contributed by atoms with van der Waals surface area (Å²) >= 11 is 0. The molecule has 0 saturated carbocycles. The highest BCUT2D eigenvalue weighted by molar-refractivity contribution is 5.73. The van der Waals surface area contributed by atoms with E-state index in [9.17, 15) is 14.4 Å². The Morgan fingerprint density at radius 3 is 1.95 bits per heavy atom. The Bertz CT molecular complexity index is 1030. The number of rotatable bonds is 12. The zero-order valence-corrected chi connectivity index (χ0v) is 22.7. The van der Waals surface area contributed by atoms with E-state index in [2.05, 4.69) is 17.6 Å². The molecule has 3 rings (SSSR count). The second kappa shape index (κ2) is 16.1. The maximum absolute atomic E-state index is 13.3. The number of nitrogens with zero attached hydrogens (tertiary/aromatic N) is 1. The van der Waals surface area contributed by atoms with Crippen molar-refractivity contribution in [3.05, 3.63) is 54.6 Å². The molecule has 0 bridgehead atoms. The molecule has 1 saturated heterocycles. The fourth-order valence-corrected chi connectivity index (χ4v) is 4.05. The van der Waals surface area contributed by atoms with Crippen LogP contribution in [0.15, 0.2) is 54.6 Å². The number of amides is 3. The third kappa shape index (κ3) is 10.0. The molecule has 0 radical (unpaired) electrons. The van der Waals surface area contributed by atoms with Gasteiger partial charge in [0.1, 0.15) is 17.2 Å². The van der Waals surface area contributed by atoms with E-state index in [1.54, 1.807) is 24.3 Å². The number of benzene rings is 2. The number of para-hydroxylation sites is 1. The van der Waals surface area contributed by atoms with E-state index in [1.165, 1.54) is 4.90 Å². The van der Waals surface area contributed by atoms with Crippen LogP contribution in [0.4, 0.5) is 14.4 Å². The normalized spacial score (nSPS) is 16.6. The standard InChI is InChI=1S/C29H39N3O7/c1-3-5-6-10-21-31-28(34)39-26-15-11-14-25(38-27(33)30-20-4-2)32(26)29(35)37-24-18-16-23(17-19-24)36-22-12-8-7-9-13-22/h7-9,12-13,16-19,25-26H,3-6,10-11,14-15,20-21H2,1-2H3,(H,30,33)(H,31,34). The molecule has 1 heterocycles. The molecule has 10 heteroatoms. The first-order valence-electron chi connectivity index (χ1n) is 13.7. The minimum Gasteiger partial charge on any atom is -0.457 e. The molecule has 0 aliphatic carbocycles. The van der Waals surface area contributed by atoms with Crippen LogP contribution in [0.2, 0.25) is 0 Å². The van der Waals surface area contributed by atoms with Crippen LogP contribution in [0.1, 0.15) is 65.2 Å². The van der Waals surface area contributed by atoms with Crippen LogP contribution in [0.25, 0.3) is 0 Å². The summed E-state index contributed by atoms with van der Waals surface area (Å²) in [6.07, 6.45) is 2.17. The van der Waals surface area contributed by atoms with Gasteiger partial charge >= 0.3 is 18.3 Å².